The van der Waals surface area contributed by atoms with E-state index in [-0.39, 0.29) is 12.3 Å². The molecule has 1 aromatic rings. The van der Waals surface area contributed by atoms with Crippen LogP contribution >= 0.6 is 11.6 Å². The normalized spacial score (nSPS) is 14.4. The fraction of sp³-hybridized carbons (Fsp3) is 0.571. The van der Waals surface area contributed by atoms with Crippen LogP contribution in [0.15, 0.2) is 6.07 Å². The zero-order chi connectivity index (χ0) is 13.5. The van der Waals surface area contributed by atoms with Crippen molar-refractivity contribution < 1.29 is 9.47 Å². The van der Waals surface area contributed by atoms with Crippen molar-refractivity contribution in [2.24, 2.45) is 5.73 Å². The zero-order valence-corrected chi connectivity index (χ0v) is 12.1. The number of benzene rings is 1. The third-order valence-electron chi connectivity index (χ3n) is 2.97. The molecule has 1 aromatic carbocycles. The minimum atomic E-state index is -0.305. The molecule has 0 amide bonds. The molecule has 1 aliphatic heterocycles. The van der Waals surface area contributed by atoms with Crippen LogP contribution in [0.3, 0.4) is 0 Å². The molecule has 0 unspecified atom stereocenters. The first kappa shape index (κ1) is 13.5. The van der Waals surface area contributed by atoms with Crippen molar-refractivity contribution in [3.8, 4) is 11.5 Å². The Bertz CT molecular complexity index is 464. The lowest BCUT2D eigenvalue weighted by molar-refractivity contribution is 0.173. The number of ether oxygens (including phenoxy) is 2. The van der Waals surface area contributed by atoms with Gasteiger partial charge in [-0.05, 0) is 31.7 Å². The highest BCUT2D eigenvalue weighted by Gasteiger charge is 2.27. The van der Waals surface area contributed by atoms with E-state index in [2.05, 4.69) is 13.8 Å². The van der Waals surface area contributed by atoms with Crippen LogP contribution in [0, 0.1) is 0 Å². The molecule has 100 valence electrons. The third-order valence-corrected chi connectivity index (χ3v) is 3.30. The lowest BCUT2D eigenvalue weighted by Crippen LogP contribution is -2.35. The maximum atomic E-state index is 6.37. The summed E-state index contributed by atoms with van der Waals surface area (Å²) in [4.78, 5) is 0. The van der Waals surface area contributed by atoms with Crippen LogP contribution < -0.4 is 15.2 Å². The van der Waals surface area contributed by atoms with Gasteiger partial charge in [0.15, 0.2) is 11.5 Å². The molecule has 0 saturated carbocycles. The Morgan fingerprint density at radius 3 is 2.61 bits per heavy atom. The first-order valence-electron chi connectivity index (χ1n) is 6.19. The highest BCUT2D eigenvalue weighted by atomic mass is 35.5. The molecular weight excluding hydrogens is 250 g/mol. The Hall–Kier alpha value is -0.930. The van der Waals surface area contributed by atoms with E-state index in [0.717, 1.165) is 29.0 Å². The van der Waals surface area contributed by atoms with Crippen LogP contribution in [-0.4, -0.2) is 12.3 Å². The van der Waals surface area contributed by atoms with Crippen molar-refractivity contribution in [3.63, 3.8) is 0 Å². The van der Waals surface area contributed by atoms with Crippen molar-refractivity contribution in [1.29, 1.82) is 0 Å². The van der Waals surface area contributed by atoms with Gasteiger partial charge in [-0.2, -0.15) is 0 Å². The summed E-state index contributed by atoms with van der Waals surface area (Å²) in [5.41, 5.74) is 8.01. The summed E-state index contributed by atoms with van der Waals surface area (Å²) >= 11 is 6.37. The third kappa shape index (κ3) is 2.57. The van der Waals surface area contributed by atoms with E-state index in [1.807, 2.05) is 19.9 Å². The highest BCUT2D eigenvalue weighted by Crippen LogP contribution is 2.45. The van der Waals surface area contributed by atoms with Gasteiger partial charge in [0.25, 0.3) is 0 Å². The summed E-state index contributed by atoms with van der Waals surface area (Å²) < 4.78 is 11.0. The van der Waals surface area contributed by atoms with E-state index in [4.69, 9.17) is 26.8 Å². The van der Waals surface area contributed by atoms with Gasteiger partial charge in [-0.3, -0.25) is 0 Å². The van der Waals surface area contributed by atoms with Crippen LogP contribution in [0.5, 0.6) is 11.5 Å². The second-order valence-corrected chi connectivity index (χ2v) is 6.21. The van der Waals surface area contributed by atoms with Gasteiger partial charge in [0.2, 0.25) is 6.79 Å². The Morgan fingerprint density at radius 2 is 2.06 bits per heavy atom. The first-order valence-corrected chi connectivity index (χ1v) is 6.57. The second-order valence-electron chi connectivity index (χ2n) is 5.80. The highest BCUT2D eigenvalue weighted by molar-refractivity contribution is 6.31. The van der Waals surface area contributed by atoms with Crippen LogP contribution in [0.1, 0.15) is 44.7 Å². The van der Waals surface area contributed by atoms with E-state index in [1.165, 1.54) is 0 Å². The number of fused-ring (bicyclic) bond motifs is 1. The van der Waals surface area contributed by atoms with E-state index >= 15 is 0 Å². The molecule has 0 spiro atoms. The van der Waals surface area contributed by atoms with Crippen molar-refractivity contribution in [2.45, 2.75) is 45.6 Å². The Kier molecular flexibility index (Phi) is 3.47. The molecule has 0 fully saturated rings. The maximum Gasteiger partial charge on any atom is 0.231 e. The summed E-state index contributed by atoms with van der Waals surface area (Å²) in [6.07, 6.45) is 0.718. The molecule has 1 heterocycles. The molecular formula is C14H20ClNO2. The number of nitrogens with two attached hydrogens (primary N) is 1. The summed E-state index contributed by atoms with van der Waals surface area (Å²) in [6, 6.07) is 1.83. The quantitative estimate of drug-likeness (QED) is 0.914. The van der Waals surface area contributed by atoms with Gasteiger partial charge < -0.3 is 15.2 Å². The molecule has 3 nitrogen and oxygen atoms in total. The largest absolute Gasteiger partial charge is 0.454 e. The minimum absolute atomic E-state index is 0.265. The maximum absolute atomic E-state index is 6.37. The van der Waals surface area contributed by atoms with Crippen LogP contribution in [0.25, 0.3) is 0 Å². The molecule has 0 aromatic heterocycles. The molecule has 18 heavy (non-hydrogen) atoms. The van der Waals surface area contributed by atoms with Crippen molar-refractivity contribution >= 4 is 11.6 Å². The Morgan fingerprint density at radius 1 is 1.39 bits per heavy atom. The van der Waals surface area contributed by atoms with Crippen molar-refractivity contribution in [3.05, 3.63) is 22.2 Å². The lowest BCUT2D eigenvalue weighted by Gasteiger charge is -2.24. The van der Waals surface area contributed by atoms with Gasteiger partial charge in [-0.25, -0.2) is 0 Å². The monoisotopic (exact) mass is 269 g/mol. The lowest BCUT2D eigenvalue weighted by atomic mass is 9.88. The molecule has 0 saturated heterocycles. The number of rotatable bonds is 3. The van der Waals surface area contributed by atoms with Crippen molar-refractivity contribution in [1.82, 2.24) is 0 Å². The molecule has 1 aliphatic rings. The molecule has 2 rings (SSSR count). The standard InChI is InChI=1S/C14H20ClNO2/c1-8(2)12-9(6-14(3,4)16)10(15)5-11-13(12)18-7-17-11/h5,8H,6-7,16H2,1-4H3. The molecule has 2 N–H and O–H groups in total. The van der Waals surface area contributed by atoms with Gasteiger partial charge in [0.05, 0.1) is 0 Å². The van der Waals surface area contributed by atoms with Crippen LogP contribution in [-0.2, 0) is 6.42 Å². The molecule has 0 bridgehead atoms. The average Bonchev–Trinajstić information content (AvgIpc) is 2.63. The summed E-state index contributed by atoms with van der Waals surface area (Å²) in [6.45, 7) is 8.51. The van der Waals surface area contributed by atoms with Gasteiger partial charge in [-0.15, -0.1) is 0 Å². The number of halogens is 1. The number of hydrogen-bond donors (Lipinski definition) is 1. The minimum Gasteiger partial charge on any atom is -0.454 e. The van der Waals surface area contributed by atoms with E-state index in [1.54, 1.807) is 0 Å². The topological polar surface area (TPSA) is 44.5 Å². The smallest absolute Gasteiger partial charge is 0.231 e. The second kappa shape index (κ2) is 4.63. The van der Waals surface area contributed by atoms with Gasteiger partial charge >= 0.3 is 0 Å². The average molecular weight is 270 g/mol. The molecule has 0 atom stereocenters. The Balaban J connectivity index is 2.57. The van der Waals surface area contributed by atoms with Crippen LogP contribution in [0.2, 0.25) is 5.02 Å². The molecule has 0 radical (unpaired) electrons. The summed E-state index contributed by atoms with van der Waals surface area (Å²) in [7, 11) is 0. The van der Waals surface area contributed by atoms with Gasteiger partial charge in [-0.1, -0.05) is 25.4 Å². The van der Waals surface area contributed by atoms with E-state index in [0.29, 0.717) is 10.9 Å². The van der Waals surface area contributed by atoms with Gasteiger partial charge in [0.1, 0.15) is 0 Å². The number of hydrogen-bond acceptors (Lipinski definition) is 3. The van der Waals surface area contributed by atoms with E-state index in [9.17, 15) is 0 Å². The first-order chi connectivity index (χ1) is 8.29. The SMILES string of the molecule is CC(C)c1c(CC(C)(C)N)c(Cl)cc2c1OCO2. The zero-order valence-electron chi connectivity index (χ0n) is 11.3. The van der Waals surface area contributed by atoms with Crippen LogP contribution in [0.4, 0.5) is 0 Å². The van der Waals surface area contributed by atoms with E-state index < -0.39 is 0 Å². The molecule has 0 aliphatic carbocycles. The summed E-state index contributed by atoms with van der Waals surface area (Å²) in [5.74, 6) is 1.88. The van der Waals surface area contributed by atoms with Crippen molar-refractivity contribution in [2.75, 3.05) is 6.79 Å². The fourth-order valence-corrected chi connectivity index (χ4v) is 2.59. The Labute approximate surface area is 113 Å². The summed E-state index contributed by atoms with van der Waals surface area (Å²) in [5, 5.41) is 0.710. The predicted octanol–water partition coefficient (Wildman–Crippen LogP) is 3.47. The predicted molar refractivity (Wildman–Crippen MR) is 73.6 cm³/mol. The van der Waals surface area contributed by atoms with Gasteiger partial charge in [0, 0.05) is 22.2 Å². The molecule has 4 heteroatoms. The fourth-order valence-electron chi connectivity index (χ4n) is 2.32.